The van der Waals surface area contributed by atoms with Crippen LogP contribution in [0.15, 0.2) is 82.3 Å². The lowest BCUT2D eigenvalue weighted by Gasteiger charge is -2.23. The van der Waals surface area contributed by atoms with Gasteiger partial charge in [-0.15, -0.1) is 5.06 Å². The predicted octanol–water partition coefficient (Wildman–Crippen LogP) is 4.87. The molecule has 3 heterocycles. The van der Waals surface area contributed by atoms with Crippen LogP contribution in [0.4, 0.5) is 11.4 Å². The molecule has 2 amide bonds. The Morgan fingerprint density at radius 2 is 1.64 bits per heavy atom. The molecule has 0 atom stereocenters. The zero-order valence-electron chi connectivity index (χ0n) is 28.7. The molecule has 0 aromatic heterocycles. The van der Waals surface area contributed by atoms with Gasteiger partial charge in [0, 0.05) is 67.2 Å². The number of unbranched alkanes of at least 4 members (excludes halogenated alkanes) is 2. The minimum atomic E-state index is -4.34. The fraction of sp³-hybridized carbons (Fsp3) is 0.389. The van der Waals surface area contributed by atoms with Crippen molar-refractivity contribution < 1.29 is 45.2 Å². The van der Waals surface area contributed by atoms with Gasteiger partial charge in [0.05, 0.1) is 15.2 Å². The molecule has 1 fully saturated rings. The van der Waals surface area contributed by atoms with Gasteiger partial charge in [0.25, 0.3) is 21.9 Å². The second-order valence-corrected chi connectivity index (χ2v) is 16.1. The van der Waals surface area contributed by atoms with Gasteiger partial charge in [0.2, 0.25) is 5.69 Å². The molecule has 3 aliphatic heterocycles. The summed E-state index contributed by atoms with van der Waals surface area (Å²) < 4.78 is 59.0. The van der Waals surface area contributed by atoms with Gasteiger partial charge in [-0.1, -0.05) is 32.1 Å². The Balaban J connectivity index is 1.32. The van der Waals surface area contributed by atoms with Gasteiger partial charge in [-0.2, -0.15) is 13.0 Å². The van der Waals surface area contributed by atoms with Gasteiger partial charge in [-0.25, -0.2) is 13.2 Å². The van der Waals surface area contributed by atoms with Crippen LogP contribution >= 0.6 is 0 Å². The zero-order chi connectivity index (χ0) is 36.6. The van der Waals surface area contributed by atoms with Crippen molar-refractivity contribution in [1.29, 1.82) is 0 Å². The molecular formula is C36H42N3O9S2+. The lowest BCUT2D eigenvalue weighted by atomic mass is 9.81. The highest BCUT2D eigenvalue weighted by atomic mass is 32.2. The Labute approximate surface area is 294 Å². The number of imide groups is 1. The van der Waals surface area contributed by atoms with Crippen LogP contribution < -0.4 is 4.90 Å². The van der Waals surface area contributed by atoms with E-state index in [1.807, 2.05) is 76.1 Å². The van der Waals surface area contributed by atoms with Gasteiger partial charge in [-0.05, 0) is 68.7 Å². The van der Waals surface area contributed by atoms with Crippen molar-refractivity contribution in [2.24, 2.45) is 0 Å². The third-order valence-corrected chi connectivity index (χ3v) is 11.1. The van der Waals surface area contributed by atoms with E-state index in [1.54, 1.807) is 18.2 Å². The Morgan fingerprint density at radius 1 is 0.940 bits per heavy atom. The van der Waals surface area contributed by atoms with E-state index in [9.17, 15) is 35.8 Å². The van der Waals surface area contributed by atoms with Crippen molar-refractivity contribution in [3.8, 4) is 0 Å². The van der Waals surface area contributed by atoms with E-state index >= 15 is 0 Å². The lowest BCUT2D eigenvalue weighted by Crippen LogP contribution is -2.31. The summed E-state index contributed by atoms with van der Waals surface area (Å²) >= 11 is 0. The minimum Gasteiger partial charge on any atom is -0.347 e. The average molecular weight is 725 g/mol. The maximum Gasteiger partial charge on any atom is 0.333 e. The standard InChI is InChI=1S/C36H41N3O9S2/c1-35(2)27-23-25(50(45,46)47)16-18-28(27)37(5)30(35)12-8-6-9-13-31-36(3,4)26-22-24(49(43)44)15-17-29(26)38(31)21-11-7-10-14-34(42)48-39-32(40)19-20-33(39)41/h6,8-9,12-13,15-18,22-23,49H,7,10-11,14,19-21H2,1-5H3/p+1. The van der Waals surface area contributed by atoms with Crippen molar-refractivity contribution in [3.05, 3.63) is 83.6 Å². The molecule has 266 valence electrons. The highest BCUT2D eigenvalue weighted by Gasteiger charge is 2.44. The van der Waals surface area contributed by atoms with Crippen LogP contribution in [0.5, 0.6) is 0 Å². The minimum absolute atomic E-state index is 0.0420. The third-order valence-electron chi connectivity index (χ3n) is 9.58. The molecule has 50 heavy (non-hydrogen) atoms. The maximum atomic E-state index is 12.2. The molecule has 2 aromatic rings. The number of thiol groups is 1. The summed E-state index contributed by atoms with van der Waals surface area (Å²) in [5, 5.41) is 0.558. The van der Waals surface area contributed by atoms with Crippen molar-refractivity contribution in [2.45, 2.75) is 86.8 Å². The number of likely N-dealkylation sites (N-methyl/N-ethyl adjacent to an activating group) is 1. The quantitative estimate of drug-likeness (QED) is 0.0773. The Hall–Kier alpha value is -4.40. The molecule has 5 rings (SSSR count). The third kappa shape index (κ3) is 7.23. The topological polar surface area (TPSA) is 158 Å². The maximum absolute atomic E-state index is 12.2. The summed E-state index contributed by atoms with van der Waals surface area (Å²) in [5.74, 6) is -1.65. The first-order valence-corrected chi connectivity index (χ1v) is 19.0. The van der Waals surface area contributed by atoms with E-state index in [1.165, 1.54) is 12.1 Å². The number of hydrogen-bond acceptors (Lipinski definition) is 9. The van der Waals surface area contributed by atoms with Gasteiger partial charge >= 0.3 is 5.97 Å². The first kappa shape index (κ1) is 36.9. The molecular weight excluding hydrogens is 683 g/mol. The van der Waals surface area contributed by atoms with Crippen molar-refractivity contribution in [1.82, 2.24) is 5.06 Å². The highest BCUT2D eigenvalue weighted by Crippen LogP contribution is 2.47. The first-order valence-electron chi connectivity index (χ1n) is 16.4. The molecule has 3 aliphatic rings. The van der Waals surface area contributed by atoms with Crippen LogP contribution in [-0.4, -0.2) is 68.1 Å². The van der Waals surface area contributed by atoms with Crippen LogP contribution in [0.3, 0.4) is 0 Å². The molecule has 1 N–H and O–H groups in total. The van der Waals surface area contributed by atoms with E-state index in [-0.39, 0.29) is 29.1 Å². The zero-order valence-corrected chi connectivity index (χ0v) is 30.4. The summed E-state index contributed by atoms with van der Waals surface area (Å²) in [5.41, 5.74) is 4.30. The summed E-state index contributed by atoms with van der Waals surface area (Å²) in [4.78, 5) is 42.7. The van der Waals surface area contributed by atoms with E-state index in [0.29, 0.717) is 30.9 Å². The second kappa shape index (κ2) is 14.1. The number of carbonyl (C=O) groups excluding carboxylic acids is 3. The highest BCUT2D eigenvalue weighted by molar-refractivity contribution is 7.85. The predicted molar refractivity (Wildman–Crippen MR) is 188 cm³/mol. The molecule has 2 aromatic carbocycles. The number of rotatable bonds is 12. The Kier molecular flexibility index (Phi) is 10.4. The SMILES string of the molecule is CN1/C(=C/C=C/C=C/C2=[N+](CCCCCC(=O)ON3C(=O)CCC3=O)c3ccc([SH](=O)=O)cc3C2(C)C)C(C)(C)c2cc(S(=O)(=O)O)ccc21. The van der Waals surface area contributed by atoms with Crippen molar-refractivity contribution >= 4 is 55.7 Å². The molecule has 0 aliphatic carbocycles. The van der Waals surface area contributed by atoms with Gasteiger partial charge < -0.3 is 9.74 Å². The molecule has 12 nitrogen and oxygen atoms in total. The summed E-state index contributed by atoms with van der Waals surface area (Å²) in [6.07, 6.45) is 11.7. The van der Waals surface area contributed by atoms with Crippen molar-refractivity contribution in [2.75, 3.05) is 18.5 Å². The van der Waals surface area contributed by atoms with E-state index in [4.69, 9.17) is 4.84 Å². The number of nitrogens with zero attached hydrogens (tertiary/aromatic N) is 3. The summed E-state index contributed by atoms with van der Waals surface area (Å²) in [6.45, 7) is 8.68. The smallest absolute Gasteiger partial charge is 0.333 e. The Bertz CT molecular complexity index is 2050. The van der Waals surface area contributed by atoms with E-state index in [2.05, 4.69) is 4.58 Å². The molecule has 0 spiro atoms. The van der Waals surface area contributed by atoms with Crippen LogP contribution in [0.25, 0.3) is 0 Å². The molecule has 0 radical (unpaired) electrons. The number of hydrogen-bond donors (Lipinski definition) is 2. The second-order valence-electron chi connectivity index (χ2n) is 13.6. The van der Waals surface area contributed by atoms with Gasteiger partial charge in [-0.3, -0.25) is 14.1 Å². The fourth-order valence-corrected chi connectivity index (χ4v) is 7.81. The number of carbonyl (C=O) groups is 3. The molecule has 14 heteroatoms. The number of amides is 2. The molecule has 0 unspecified atom stereocenters. The van der Waals surface area contributed by atoms with Crippen molar-refractivity contribution in [3.63, 3.8) is 0 Å². The van der Waals surface area contributed by atoms with Crippen LogP contribution in [0.2, 0.25) is 0 Å². The van der Waals surface area contributed by atoms with E-state index < -0.39 is 49.4 Å². The molecule has 1 saturated heterocycles. The Morgan fingerprint density at radius 3 is 2.30 bits per heavy atom. The van der Waals surface area contributed by atoms with Gasteiger partial charge in [0.15, 0.2) is 16.4 Å². The number of fused-ring (bicyclic) bond motifs is 2. The largest absolute Gasteiger partial charge is 0.347 e. The summed E-state index contributed by atoms with van der Waals surface area (Å²) in [6, 6.07) is 9.73. The summed E-state index contributed by atoms with van der Waals surface area (Å²) in [7, 11) is -5.20. The van der Waals surface area contributed by atoms with Crippen LogP contribution in [0, 0.1) is 0 Å². The van der Waals surface area contributed by atoms with Crippen LogP contribution in [0.1, 0.15) is 77.3 Å². The monoisotopic (exact) mass is 724 g/mol. The molecule has 0 saturated carbocycles. The number of allylic oxidation sites excluding steroid dienone is 6. The normalized spacial score (nSPS) is 19.1. The van der Waals surface area contributed by atoms with E-state index in [0.717, 1.165) is 33.9 Å². The average Bonchev–Trinajstić information content (AvgIpc) is 3.55. The van der Waals surface area contributed by atoms with Crippen LogP contribution in [-0.2, 0) is 50.9 Å². The lowest BCUT2D eigenvalue weighted by molar-refractivity contribution is -0.438. The number of benzene rings is 2. The fourth-order valence-electron chi connectivity index (χ4n) is 6.87. The number of hydroxylamine groups is 2. The number of anilines is 1. The van der Waals surface area contributed by atoms with Gasteiger partial charge in [0.1, 0.15) is 6.54 Å². The molecule has 0 bridgehead atoms. The first-order chi connectivity index (χ1) is 23.4.